The quantitative estimate of drug-likeness (QED) is 0.829. The molecule has 26 heavy (non-hydrogen) atoms. The number of aromatic nitrogens is 1. The van der Waals surface area contributed by atoms with Gasteiger partial charge in [-0.15, -0.1) is 0 Å². The molecule has 138 valence electrons. The van der Waals surface area contributed by atoms with Gasteiger partial charge in [-0.3, -0.25) is 9.36 Å². The fraction of sp³-hybridized carbons (Fsp3) is 0.389. The lowest BCUT2D eigenvalue weighted by Crippen LogP contribution is -2.40. The Balaban J connectivity index is 2.17. The lowest BCUT2D eigenvalue weighted by atomic mass is 10.0. The van der Waals surface area contributed by atoms with Gasteiger partial charge >= 0.3 is 12.1 Å². The first-order valence-corrected chi connectivity index (χ1v) is 8.05. The van der Waals surface area contributed by atoms with Crippen molar-refractivity contribution in [2.75, 3.05) is 7.11 Å². The van der Waals surface area contributed by atoms with Crippen molar-refractivity contribution in [3.05, 3.63) is 46.0 Å². The number of methoxy groups -OCH3 is 1. The van der Waals surface area contributed by atoms with Gasteiger partial charge in [-0.05, 0) is 44.4 Å². The Labute approximate surface area is 148 Å². The Morgan fingerprint density at radius 1 is 1.19 bits per heavy atom. The lowest BCUT2D eigenvalue weighted by molar-refractivity contribution is -0.145. The van der Waals surface area contributed by atoms with Crippen LogP contribution >= 0.6 is 0 Å². The van der Waals surface area contributed by atoms with E-state index in [1.807, 2.05) is 0 Å². The van der Waals surface area contributed by atoms with E-state index in [-0.39, 0.29) is 11.1 Å². The minimum Gasteiger partial charge on any atom is -0.467 e. The van der Waals surface area contributed by atoms with Gasteiger partial charge in [-0.25, -0.2) is 14.0 Å². The van der Waals surface area contributed by atoms with Crippen molar-refractivity contribution in [2.45, 2.75) is 38.5 Å². The van der Waals surface area contributed by atoms with Gasteiger partial charge in [-0.2, -0.15) is 0 Å². The molecule has 0 spiro atoms. The molecule has 1 amide bonds. The first-order valence-electron chi connectivity index (χ1n) is 8.05. The van der Waals surface area contributed by atoms with Gasteiger partial charge in [-0.1, -0.05) is 0 Å². The summed E-state index contributed by atoms with van der Waals surface area (Å²) in [7, 11) is 1.16. The van der Waals surface area contributed by atoms with Crippen molar-refractivity contribution in [1.82, 2.24) is 9.88 Å². The molecule has 2 atom stereocenters. The van der Waals surface area contributed by atoms with Crippen molar-refractivity contribution in [1.29, 1.82) is 0 Å². The number of ether oxygens (including phenoxy) is 2. The Kier molecular flexibility index (Phi) is 4.21. The second-order valence-electron chi connectivity index (χ2n) is 7.03. The van der Waals surface area contributed by atoms with Crippen molar-refractivity contribution in [2.24, 2.45) is 0 Å². The molecule has 1 aliphatic rings. The van der Waals surface area contributed by atoms with E-state index in [0.717, 1.165) is 11.7 Å². The molecule has 8 heteroatoms. The van der Waals surface area contributed by atoms with Gasteiger partial charge in [0.05, 0.1) is 18.7 Å². The molecule has 0 fully saturated rings. The smallest absolute Gasteiger partial charge is 0.408 e. The predicted molar refractivity (Wildman–Crippen MR) is 91.3 cm³/mol. The molecule has 7 nitrogen and oxygen atoms in total. The topological polar surface area (TPSA) is 86.6 Å². The highest BCUT2D eigenvalue weighted by Gasteiger charge is 2.43. The highest BCUT2D eigenvalue weighted by atomic mass is 19.1. The van der Waals surface area contributed by atoms with Crippen LogP contribution in [0, 0.1) is 5.82 Å². The molecule has 1 N–H and O–H groups in total. The van der Waals surface area contributed by atoms with Crippen LogP contribution in [-0.4, -0.2) is 29.3 Å². The lowest BCUT2D eigenvalue weighted by Gasteiger charge is -2.24. The summed E-state index contributed by atoms with van der Waals surface area (Å²) in [5.41, 5.74) is -0.957. The van der Waals surface area contributed by atoms with E-state index in [1.54, 1.807) is 26.8 Å². The number of hydrogen-bond donors (Lipinski definition) is 1. The summed E-state index contributed by atoms with van der Waals surface area (Å²) >= 11 is 0. The van der Waals surface area contributed by atoms with Crippen LogP contribution in [0.1, 0.15) is 38.4 Å². The van der Waals surface area contributed by atoms with Crippen LogP contribution in [-0.2, 0) is 14.3 Å². The van der Waals surface area contributed by atoms with Gasteiger partial charge in [0.25, 0.3) is 5.56 Å². The van der Waals surface area contributed by atoms with Crippen molar-refractivity contribution in [3.8, 4) is 0 Å². The maximum absolute atomic E-state index is 14.6. The number of halogens is 1. The highest BCUT2D eigenvalue weighted by molar-refractivity contribution is 5.90. The molecule has 2 aromatic rings. The number of amides is 1. The maximum atomic E-state index is 14.6. The minimum absolute atomic E-state index is 0.0569. The number of hydrogen-bond acceptors (Lipinski definition) is 5. The molecule has 0 saturated carbocycles. The van der Waals surface area contributed by atoms with Gasteiger partial charge < -0.3 is 14.8 Å². The molecule has 1 aromatic carbocycles. The fourth-order valence-electron chi connectivity index (χ4n) is 3.18. The van der Waals surface area contributed by atoms with Crippen LogP contribution in [0.15, 0.2) is 29.1 Å². The van der Waals surface area contributed by atoms with Gasteiger partial charge in [0.2, 0.25) is 0 Å². The number of alkyl carbamates (subject to hydrolysis) is 1. The van der Waals surface area contributed by atoms with Crippen LogP contribution in [0.25, 0.3) is 10.9 Å². The van der Waals surface area contributed by atoms with E-state index in [4.69, 9.17) is 9.47 Å². The van der Waals surface area contributed by atoms with Crippen LogP contribution in [0.2, 0.25) is 0 Å². The molecular weight excluding hydrogens is 343 g/mol. The van der Waals surface area contributed by atoms with Crippen LogP contribution in [0.5, 0.6) is 0 Å². The first-order chi connectivity index (χ1) is 12.1. The number of nitrogens with one attached hydrogen (secondary N) is 1. The normalized spacial score (nSPS) is 18.7. The fourth-order valence-corrected chi connectivity index (χ4v) is 3.18. The summed E-state index contributed by atoms with van der Waals surface area (Å²) in [6, 6.07) is 3.22. The molecule has 0 bridgehead atoms. The summed E-state index contributed by atoms with van der Waals surface area (Å²) in [4.78, 5) is 37.0. The third-order valence-corrected chi connectivity index (χ3v) is 4.10. The summed E-state index contributed by atoms with van der Waals surface area (Å²) < 4.78 is 25.8. The molecule has 1 aromatic heterocycles. The number of carbonyl (C=O) groups excluding carboxylic acids is 2. The number of esters is 1. The number of benzene rings is 1. The average Bonchev–Trinajstić information content (AvgIpc) is 2.87. The Hall–Kier alpha value is -2.90. The number of carbonyl (C=O) groups is 2. The second-order valence-corrected chi connectivity index (χ2v) is 7.03. The van der Waals surface area contributed by atoms with Crippen LogP contribution in [0.4, 0.5) is 9.18 Å². The zero-order valence-electron chi connectivity index (χ0n) is 14.8. The van der Waals surface area contributed by atoms with Crippen molar-refractivity contribution < 1.29 is 23.5 Å². The molecule has 2 heterocycles. The average molecular weight is 362 g/mol. The Bertz CT molecular complexity index is 960. The van der Waals surface area contributed by atoms with Crippen molar-refractivity contribution in [3.63, 3.8) is 0 Å². The zero-order chi connectivity index (χ0) is 19.2. The number of pyridine rings is 1. The van der Waals surface area contributed by atoms with Crippen LogP contribution < -0.4 is 10.9 Å². The summed E-state index contributed by atoms with van der Waals surface area (Å²) in [5.74, 6) is -1.40. The molecule has 0 radical (unpaired) electrons. The van der Waals surface area contributed by atoms with Gasteiger partial charge in [0.15, 0.2) is 6.04 Å². The minimum atomic E-state index is -1.23. The summed E-state index contributed by atoms with van der Waals surface area (Å²) in [6.07, 6.45) is -0.825. The summed E-state index contributed by atoms with van der Waals surface area (Å²) in [6.45, 7) is 5.04. The zero-order valence-corrected chi connectivity index (χ0v) is 14.8. The summed E-state index contributed by atoms with van der Waals surface area (Å²) in [5, 5.41) is 3.09. The number of nitrogens with zero attached hydrogens (tertiary/aromatic N) is 1. The van der Waals surface area contributed by atoms with Gasteiger partial charge in [0.1, 0.15) is 11.4 Å². The highest BCUT2D eigenvalue weighted by Crippen LogP contribution is 2.41. The molecule has 0 saturated heterocycles. The van der Waals surface area contributed by atoms with Crippen LogP contribution in [0.3, 0.4) is 0 Å². The van der Waals surface area contributed by atoms with E-state index >= 15 is 0 Å². The van der Waals surface area contributed by atoms with E-state index in [1.165, 1.54) is 18.2 Å². The Morgan fingerprint density at radius 3 is 2.46 bits per heavy atom. The third kappa shape index (κ3) is 2.91. The van der Waals surface area contributed by atoms with E-state index in [2.05, 4.69) is 5.32 Å². The third-order valence-electron chi connectivity index (χ3n) is 4.10. The van der Waals surface area contributed by atoms with Gasteiger partial charge in [0, 0.05) is 11.6 Å². The second kappa shape index (κ2) is 6.12. The maximum Gasteiger partial charge on any atom is 0.408 e. The molecule has 0 unspecified atom stereocenters. The number of rotatable bonds is 2. The Morgan fingerprint density at radius 2 is 1.85 bits per heavy atom. The molecule has 3 rings (SSSR count). The van der Waals surface area contributed by atoms with E-state index in [9.17, 15) is 18.8 Å². The monoisotopic (exact) mass is 362 g/mol. The SMILES string of the molecule is COC(=O)[C@H]1[C@H](NC(=O)OC(C)(C)C)c2c(F)ccc3ccc(=O)n1c23. The van der Waals surface area contributed by atoms with E-state index in [0.29, 0.717) is 5.39 Å². The molecule has 1 aliphatic heterocycles. The largest absolute Gasteiger partial charge is 0.467 e. The molecular formula is C18H19FN2O5. The standard InChI is InChI=1S/C18H19FN2O5/c1-18(2,3)26-17(24)20-13-12-10(19)7-5-9-6-8-11(22)21(14(9)12)15(13)16(23)25-4/h5-8,13,15H,1-4H3,(H,20,24)/t13-,15-/m1/s1. The predicted octanol–water partition coefficient (Wildman–Crippen LogP) is 2.43. The van der Waals surface area contributed by atoms with E-state index < -0.39 is 41.1 Å². The first kappa shape index (κ1) is 17.9. The molecule has 0 aliphatic carbocycles. The van der Waals surface area contributed by atoms with Crippen molar-refractivity contribution >= 4 is 23.0 Å².